The summed E-state index contributed by atoms with van der Waals surface area (Å²) < 4.78 is 10.6. The zero-order valence-electron chi connectivity index (χ0n) is 12.8. The van der Waals surface area contributed by atoms with Crippen LogP contribution in [0.4, 0.5) is 0 Å². The van der Waals surface area contributed by atoms with Gasteiger partial charge in [0.2, 0.25) is 0 Å². The van der Waals surface area contributed by atoms with Crippen LogP contribution in [0.2, 0.25) is 0 Å². The largest absolute Gasteiger partial charge is 0.497 e. The summed E-state index contributed by atoms with van der Waals surface area (Å²) in [7, 11) is 3.24. The second kappa shape index (κ2) is 6.06. The molecule has 112 valence electrons. The molecule has 3 rings (SSSR count). The van der Waals surface area contributed by atoms with Gasteiger partial charge in [-0.15, -0.1) is 0 Å². The number of carbonyl (C=O) groups excluding carboxylic acids is 1. The van der Waals surface area contributed by atoms with Gasteiger partial charge >= 0.3 is 0 Å². The van der Waals surface area contributed by atoms with Gasteiger partial charge in [0.25, 0.3) is 0 Å². The maximum atomic E-state index is 12.6. The van der Waals surface area contributed by atoms with Crippen LogP contribution in [-0.2, 0) is 6.42 Å². The zero-order chi connectivity index (χ0) is 15.5. The number of aryl methyl sites for hydroxylation is 1. The molecule has 0 aliphatic heterocycles. The Kier molecular flexibility index (Phi) is 3.96. The highest BCUT2D eigenvalue weighted by molar-refractivity contribution is 6.13. The molecule has 1 aliphatic rings. The first-order chi connectivity index (χ1) is 10.7. The molecule has 0 saturated carbocycles. The molecule has 0 aromatic heterocycles. The van der Waals surface area contributed by atoms with Gasteiger partial charge in [0, 0.05) is 17.2 Å². The summed E-state index contributed by atoms with van der Waals surface area (Å²) in [5.74, 6) is 1.55. The van der Waals surface area contributed by atoms with E-state index in [1.54, 1.807) is 14.2 Å². The first-order valence-electron chi connectivity index (χ1n) is 7.27. The Morgan fingerprint density at radius 1 is 0.955 bits per heavy atom. The molecule has 0 spiro atoms. The molecule has 3 nitrogen and oxygen atoms in total. The van der Waals surface area contributed by atoms with Gasteiger partial charge in [-0.2, -0.15) is 0 Å². The summed E-state index contributed by atoms with van der Waals surface area (Å²) in [4.78, 5) is 12.6. The molecule has 3 heteroatoms. The average molecular weight is 294 g/mol. The molecule has 0 saturated heterocycles. The van der Waals surface area contributed by atoms with Gasteiger partial charge in [0.1, 0.15) is 11.5 Å². The van der Waals surface area contributed by atoms with E-state index in [2.05, 4.69) is 0 Å². The van der Waals surface area contributed by atoms with E-state index >= 15 is 0 Å². The van der Waals surface area contributed by atoms with Crippen LogP contribution in [0.25, 0.3) is 6.08 Å². The van der Waals surface area contributed by atoms with Gasteiger partial charge in [0.05, 0.1) is 14.2 Å². The van der Waals surface area contributed by atoms with E-state index in [4.69, 9.17) is 9.47 Å². The lowest BCUT2D eigenvalue weighted by Gasteiger charge is -2.17. The Hall–Kier alpha value is -2.55. The standard InChI is InChI=1S/C19H18O3/c1-21-16-10-13(11-17(12-16)22-2)9-15-8-7-14-5-3-4-6-18(14)19(15)20/h3-6,9-12H,7-8H2,1-2H3. The van der Waals surface area contributed by atoms with E-state index in [9.17, 15) is 4.79 Å². The van der Waals surface area contributed by atoms with Crippen molar-refractivity contribution in [3.05, 3.63) is 64.7 Å². The number of benzene rings is 2. The van der Waals surface area contributed by atoms with Crippen LogP contribution in [0.5, 0.6) is 11.5 Å². The van der Waals surface area contributed by atoms with Crippen LogP contribution in [0.1, 0.15) is 27.9 Å². The normalized spacial score (nSPS) is 15.5. The molecule has 0 N–H and O–H groups in total. The van der Waals surface area contributed by atoms with E-state index in [-0.39, 0.29) is 5.78 Å². The smallest absolute Gasteiger partial charge is 0.189 e. The number of Topliss-reactive ketones (excluding diaryl/α,β-unsaturated/α-hetero) is 1. The summed E-state index contributed by atoms with van der Waals surface area (Å²) >= 11 is 0. The number of hydrogen-bond donors (Lipinski definition) is 0. The van der Waals surface area contributed by atoms with Crippen molar-refractivity contribution in [1.82, 2.24) is 0 Å². The second-order valence-electron chi connectivity index (χ2n) is 5.30. The number of rotatable bonds is 3. The molecule has 0 amide bonds. The van der Waals surface area contributed by atoms with Crippen LogP contribution in [0.3, 0.4) is 0 Å². The number of methoxy groups -OCH3 is 2. The van der Waals surface area contributed by atoms with Crippen molar-refractivity contribution in [1.29, 1.82) is 0 Å². The maximum absolute atomic E-state index is 12.6. The first kappa shape index (κ1) is 14.4. The summed E-state index contributed by atoms with van der Waals surface area (Å²) in [6.07, 6.45) is 3.59. The molecule has 0 fully saturated rings. The third-order valence-electron chi connectivity index (χ3n) is 3.93. The maximum Gasteiger partial charge on any atom is 0.189 e. The van der Waals surface area contributed by atoms with Crippen molar-refractivity contribution in [3.8, 4) is 11.5 Å². The van der Waals surface area contributed by atoms with Crippen molar-refractivity contribution in [3.63, 3.8) is 0 Å². The van der Waals surface area contributed by atoms with Gasteiger partial charge in [0.15, 0.2) is 5.78 Å². The van der Waals surface area contributed by atoms with E-state index in [0.717, 1.165) is 46.6 Å². The lowest BCUT2D eigenvalue weighted by Crippen LogP contribution is -2.13. The van der Waals surface area contributed by atoms with Gasteiger partial charge in [-0.25, -0.2) is 0 Å². The molecule has 2 aromatic rings. The van der Waals surface area contributed by atoms with Crippen molar-refractivity contribution in [2.24, 2.45) is 0 Å². The molecular formula is C19H18O3. The summed E-state index contributed by atoms with van der Waals surface area (Å²) in [6, 6.07) is 13.4. The lowest BCUT2D eigenvalue weighted by molar-refractivity contribution is 0.102. The van der Waals surface area contributed by atoms with E-state index in [1.165, 1.54) is 0 Å². The van der Waals surface area contributed by atoms with Crippen LogP contribution >= 0.6 is 0 Å². The topological polar surface area (TPSA) is 35.5 Å². The number of allylic oxidation sites excluding steroid dienone is 1. The minimum Gasteiger partial charge on any atom is -0.497 e. The molecule has 0 atom stereocenters. The lowest BCUT2D eigenvalue weighted by atomic mass is 9.86. The number of carbonyl (C=O) groups is 1. The highest BCUT2D eigenvalue weighted by Crippen LogP contribution is 2.29. The molecule has 1 aliphatic carbocycles. The number of hydrogen-bond acceptors (Lipinski definition) is 3. The molecule has 22 heavy (non-hydrogen) atoms. The Labute approximate surface area is 130 Å². The SMILES string of the molecule is COc1cc(C=C2CCc3ccccc3C2=O)cc(OC)c1. The van der Waals surface area contributed by atoms with Gasteiger partial charge < -0.3 is 9.47 Å². The predicted octanol–water partition coefficient (Wildman–Crippen LogP) is 3.92. The molecule has 0 bridgehead atoms. The molecule has 0 radical (unpaired) electrons. The average Bonchev–Trinajstić information content (AvgIpc) is 2.57. The summed E-state index contributed by atoms with van der Waals surface area (Å²) in [6.45, 7) is 0. The van der Waals surface area contributed by atoms with Crippen molar-refractivity contribution in [2.45, 2.75) is 12.8 Å². The Morgan fingerprint density at radius 3 is 2.32 bits per heavy atom. The Morgan fingerprint density at radius 2 is 1.64 bits per heavy atom. The van der Waals surface area contributed by atoms with Gasteiger partial charge in [-0.3, -0.25) is 4.79 Å². The minimum absolute atomic E-state index is 0.114. The van der Waals surface area contributed by atoms with Crippen LogP contribution in [0, 0.1) is 0 Å². The fraction of sp³-hybridized carbons (Fsp3) is 0.211. The summed E-state index contributed by atoms with van der Waals surface area (Å²) in [5.41, 5.74) is 3.69. The van der Waals surface area contributed by atoms with E-state index in [0.29, 0.717) is 0 Å². The minimum atomic E-state index is 0.114. The van der Waals surface area contributed by atoms with Gasteiger partial charge in [-0.05, 0) is 42.2 Å². The van der Waals surface area contributed by atoms with Crippen LogP contribution in [0.15, 0.2) is 48.0 Å². The van der Waals surface area contributed by atoms with E-state index in [1.807, 2.05) is 48.5 Å². The summed E-state index contributed by atoms with van der Waals surface area (Å²) in [5, 5.41) is 0. The first-order valence-corrected chi connectivity index (χ1v) is 7.27. The van der Waals surface area contributed by atoms with Crippen LogP contribution in [-0.4, -0.2) is 20.0 Å². The van der Waals surface area contributed by atoms with Crippen molar-refractivity contribution >= 4 is 11.9 Å². The van der Waals surface area contributed by atoms with Gasteiger partial charge in [-0.1, -0.05) is 24.3 Å². The van der Waals surface area contributed by atoms with E-state index < -0.39 is 0 Å². The molecular weight excluding hydrogens is 276 g/mol. The number of ketones is 1. The zero-order valence-corrected chi connectivity index (χ0v) is 12.8. The van der Waals surface area contributed by atoms with Crippen molar-refractivity contribution in [2.75, 3.05) is 14.2 Å². The molecule has 0 unspecified atom stereocenters. The molecule has 0 heterocycles. The number of ether oxygens (including phenoxy) is 2. The fourth-order valence-electron chi connectivity index (χ4n) is 2.77. The fourth-order valence-corrected chi connectivity index (χ4v) is 2.77. The van der Waals surface area contributed by atoms with Crippen molar-refractivity contribution < 1.29 is 14.3 Å². The second-order valence-corrected chi connectivity index (χ2v) is 5.30. The predicted molar refractivity (Wildman–Crippen MR) is 86.6 cm³/mol. The monoisotopic (exact) mass is 294 g/mol. The Balaban J connectivity index is 1.98. The quantitative estimate of drug-likeness (QED) is 0.805. The highest BCUT2D eigenvalue weighted by atomic mass is 16.5. The highest BCUT2D eigenvalue weighted by Gasteiger charge is 2.21. The molecule has 2 aromatic carbocycles. The number of fused-ring (bicyclic) bond motifs is 1. The third-order valence-corrected chi connectivity index (χ3v) is 3.93. The third kappa shape index (κ3) is 2.75. The Bertz CT molecular complexity index is 722. The van der Waals surface area contributed by atoms with Crippen LogP contribution < -0.4 is 9.47 Å².